The summed E-state index contributed by atoms with van der Waals surface area (Å²) in [5.74, 6) is 0. The number of aromatic nitrogens is 1. The Morgan fingerprint density at radius 2 is 1.55 bits per heavy atom. The van der Waals surface area contributed by atoms with Crippen LogP contribution in [0, 0.1) is 0 Å². The summed E-state index contributed by atoms with van der Waals surface area (Å²) in [4.78, 5) is 4.36. The molecule has 0 bridgehead atoms. The number of rotatable bonds is 2. The van der Waals surface area contributed by atoms with Crippen LogP contribution in [-0.2, 0) is 32.6 Å². The van der Waals surface area contributed by atoms with Crippen LogP contribution in [0.1, 0.15) is 22.3 Å². The quantitative estimate of drug-likeness (QED) is 0.269. The first kappa shape index (κ1) is 23.1. The third kappa shape index (κ3) is 3.65. The Kier molecular flexibility index (Phi) is 6.78. The molecule has 0 saturated carbocycles. The van der Waals surface area contributed by atoms with Crippen molar-refractivity contribution in [1.29, 1.82) is 0 Å². The Balaban J connectivity index is 0.00000116. The van der Waals surface area contributed by atoms with E-state index in [2.05, 4.69) is 81.6 Å². The molecule has 0 atom stereocenters. The van der Waals surface area contributed by atoms with Gasteiger partial charge in [-0.2, -0.15) is 0 Å². The van der Waals surface area contributed by atoms with Gasteiger partial charge in [0.05, 0.1) is 0 Å². The molecule has 0 radical (unpaired) electrons. The van der Waals surface area contributed by atoms with E-state index in [4.69, 9.17) is 8.86 Å². The molecule has 0 unspecified atom stereocenters. The third-order valence-electron chi connectivity index (χ3n) is 6.12. The SMILES string of the molecule is [Cl-].[Cl-].[S]=[Zr+2]([c]1cccc2c1-c1ccccc1C2)[c]1c(Br)ccc2c1Cc1ccncc1-2. The van der Waals surface area contributed by atoms with Gasteiger partial charge < -0.3 is 24.8 Å². The Hall–Kier alpha value is -1.03. The topological polar surface area (TPSA) is 12.9 Å². The predicted molar refractivity (Wildman–Crippen MR) is 122 cm³/mol. The van der Waals surface area contributed by atoms with Gasteiger partial charge >= 0.3 is 191 Å². The van der Waals surface area contributed by atoms with Gasteiger partial charge in [-0.25, -0.2) is 0 Å². The van der Waals surface area contributed by atoms with Gasteiger partial charge in [-0.15, -0.1) is 0 Å². The Morgan fingerprint density at radius 1 is 0.774 bits per heavy atom. The third-order valence-corrected chi connectivity index (χ3v) is 14.9. The molecule has 0 amide bonds. The maximum absolute atomic E-state index is 6.43. The van der Waals surface area contributed by atoms with E-state index in [0.29, 0.717) is 0 Å². The molecular weight excluding hydrogens is 588 g/mol. The van der Waals surface area contributed by atoms with Gasteiger partial charge in [0.25, 0.3) is 0 Å². The van der Waals surface area contributed by atoms with E-state index < -0.39 is 19.7 Å². The van der Waals surface area contributed by atoms with E-state index in [9.17, 15) is 0 Å². The molecule has 0 fully saturated rings. The van der Waals surface area contributed by atoms with Crippen molar-refractivity contribution in [2.75, 3.05) is 0 Å². The van der Waals surface area contributed by atoms with Gasteiger partial charge in [0.2, 0.25) is 0 Å². The summed E-state index contributed by atoms with van der Waals surface area (Å²) < 4.78 is 4.05. The molecule has 3 aromatic carbocycles. The molecule has 6 heteroatoms. The van der Waals surface area contributed by atoms with Crippen molar-refractivity contribution in [2.24, 2.45) is 0 Å². The van der Waals surface area contributed by atoms with Crippen LogP contribution in [0.4, 0.5) is 0 Å². The van der Waals surface area contributed by atoms with Gasteiger partial charge in [0.15, 0.2) is 0 Å². The second-order valence-electron chi connectivity index (χ2n) is 7.66. The molecule has 1 nitrogen and oxygen atoms in total. The fraction of sp³-hybridized carbons (Fsp3) is 0.0800. The maximum atomic E-state index is 6.43. The molecule has 4 aromatic rings. The van der Waals surface area contributed by atoms with Gasteiger partial charge in [0, 0.05) is 0 Å². The Morgan fingerprint density at radius 3 is 2.42 bits per heavy atom. The number of hydrogen-bond donors (Lipinski definition) is 0. The molecule has 2 aliphatic carbocycles. The molecule has 6 rings (SSSR count). The molecule has 31 heavy (non-hydrogen) atoms. The summed E-state index contributed by atoms with van der Waals surface area (Å²) in [6, 6.07) is 22.2. The summed E-state index contributed by atoms with van der Waals surface area (Å²) in [6.45, 7) is 0. The Bertz CT molecular complexity index is 1360. The van der Waals surface area contributed by atoms with Crippen LogP contribution in [0.2, 0.25) is 0 Å². The first-order valence-electron chi connectivity index (χ1n) is 9.72. The second-order valence-corrected chi connectivity index (χ2v) is 15.1. The number of hydrogen-bond acceptors (Lipinski definition) is 2. The summed E-state index contributed by atoms with van der Waals surface area (Å²) in [5, 5.41) is 0. The van der Waals surface area contributed by atoms with Crippen molar-refractivity contribution in [3.05, 3.63) is 99.8 Å². The molecule has 0 N–H and O–H groups in total. The number of pyridine rings is 1. The van der Waals surface area contributed by atoms with E-state index in [1.54, 1.807) is 0 Å². The zero-order chi connectivity index (χ0) is 19.5. The summed E-state index contributed by atoms with van der Waals surface area (Å²) >= 11 is 1.34. The summed E-state index contributed by atoms with van der Waals surface area (Å²) in [7, 11) is 6.43. The van der Waals surface area contributed by atoms with Gasteiger partial charge in [0.1, 0.15) is 0 Å². The zero-order valence-electron chi connectivity index (χ0n) is 16.3. The van der Waals surface area contributed by atoms with Crippen molar-refractivity contribution >= 4 is 31.3 Å². The van der Waals surface area contributed by atoms with E-state index in [1.807, 2.05) is 12.4 Å². The summed E-state index contributed by atoms with van der Waals surface area (Å²) in [6.07, 6.45) is 5.89. The van der Waals surface area contributed by atoms with Crippen LogP contribution >= 0.6 is 24.8 Å². The van der Waals surface area contributed by atoms with Crippen molar-refractivity contribution < 1.29 is 44.5 Å². The number of benzene rings is 3. The molecular formula is C25H16BrCl2NSZr. The van der Waals surface area contributed by atoms with E-state index >= 15 is 0 Å². The summed E-state index contributed by atoms with van der Waals surface area (Å²) in [5.41, 5.74) is 11.1. The molecule has 1 heterocycles. The first-order valence-corrected chi connectivity index (χ1v) is 16.4. The molecule has 152 valence electrons. The fourth-order valence-corrected chi connectivity index (χ4v) is 14.0. The molecule has 0 saturated heterocycles. The number of fused-ring (bicyclic) bond motifs is 6. The van der Waals surface area contributed by atoms with E-state index in [-0.39, 0.29) is 24.8 Å². The first-order chi connectivity index (χ1) is 14.2. The fourth-order valence-electron chi connectivity index (χ4n) is 4.82. The van der Waals surface area contributed by atoms with Gasteiger partial charge in [-0.3, -0.25) is 0 Å². The van der Waals surface area contributed by atoms with Crippen LogP contribution < -0.4 is 31.4 Å². The molecule has 0 aliphatic heterocycles. The Labute approximate surface area is 213 Å². The minimum absolute atomic E-state index is 0. The monoisotopic (exact) mass is 601 g/mol. The van der Waals surface area contributed by atoms with Crippen LogP contribution in [0.25, 0.3) is 22.3 Å². The second kappa shape index (κ2) is 9.08. The van der Waals surface area contributed by atoms with Crippen molar-refractivity contribution in [3.8, 4) is 22.3 Å². The molecule has 1 aromatic heterocycles. The molecule has 0 spiro atoms. The average molecular weight is 605 g/mol. The number of halogens is 3. The van der Waals surface area contributed by atoms with Crippen molar-refractivity contribution in [3.63, 3.8) is 0 Å². The standard InChI is InChI=1S/C13H9.C12H7BrN.2ClH.S.Zr/c1-3-7-12-10(5-1)9-11-6-2-4-8-13(11)12;13-10-1-2-11-9(6-10)5-8-3-4-14-7-12(8)11;;;;/h1-7H,9H2;1-4,7H,5H2;2*1H;;/q;;;;;+2/p-2. The van der Waals surface area contributed by atoms with Gasteiger partial charge in [-0.1, -0.05) is 0 Å². The van der Waals surface area contributed by atoms with Crippen LogP contribution in [0.5, 0.6) is 0 Å². The normalized spacial score (nSPS) is 11.7. The zero-order valence-corrected chi connectivity index (χ0v) is 22.7. The van der Waals surface area contributed by atoms with Crippen LogP contribution in [-0.4, -0.2) is 4.98 Å². The van der Waals surface area contributed by atoms with Crippen molar-refractivity contribution in [2.45, 2.75) is 12.8 Å². The van der Waals surface area contributed by atoms with E-state index in [0.717, 1.165) is 12.8 Å². The minimum atomic E-state index is -2.53. The number of nitrogens with zero attached hydrogens (tertiary/aromatic N) is 1. The average Bonchev–Trinajstić information content (AvgIpc) is 3.31. The van der Waals surface area contributed by atoms with Gasteiger partial charge in [-0.05, 0) is 0 Å². The van der Waals surface area contributed by atoms with Crippen molar-refractivity contribution in [1.82, 2.24) is 4.98 Å². The van der Waals surface area contributed by atoms with Crippen LogP contribution in [0.15, 0.2) is 77.5 Å². The van der Waals surface area contributed by atoms with Crippen LogP contribution in [0.3, 0.4) is 0 Å². The van der Waals surface area contributed by atoms with E-state index in [1.165, 1.54) is 55.5 Å². The predicted octanol–water partition coefficient (Wildman–Crippen LogP) is -0.324. The molecule has 2 aliphatic rings.